The molecule has 0 aromatic carbocycles. The van der Waals surface area contributed by atoms with E-state index >= 15 is 0 Å². The zero-order chi connectivity index (χ0) is 15.8. The first-order valence-electron chi connectivity index (χ1n) is 9.16. The van der Waals surface area contributed by atoms with Gasteiger partial charge in [-0.1, -0.05) is 39.0 Å². The summed E-state index contributed by atoms with van der Waals surface area (Å²) < 4.78 is 11.9. The lowest BCUT2D eigenvalue weighted by Crippen LogP contribution is -2.39. The fourth-order valence-electron chi connectivity index (χ4n) is 3.67. The maximum absolute atomic E-state index is 11.0. The molecule has 1 aliphatic carbocycles. The molecule has 0 radical (unpaired) electrons. The van der Waals surface area contributed by atoms with E-state index in [1.54, 1.807) is 0 Å². The third-order valence-electron chi connectivity index (χ3n) is 5.21. The van der Waals surface area contributed by atoms with Gasteiger partial charge in [0.1, 0.15) is 0 Å². The molecule has 1 heterocycles. The van der Waals surface area contributed by atoms with Crippen molar-refractivity contribution in [2.75, 3.05) is 13.2 Å². The normalized spacial score (nSPS) is 32.8. The second kappa shape index (κ2) is 9.51. The molecule has 2 aliphatic rings. The predicted octanol–water partition coefficient (Wildman–Crippen LogP) is 4.23. The number of rotatable bonds is 8. The Hall–Kier alpha value is -0.610. The van der Waals surface area contributed by atoms with Crippen LogP contribution in [0.25, 0.3) is 0 Å². The smallest absolute Gasteiger partial charge is 0.306 e. The molecule has 0 aromatic rings. The average Bonchev–Trinajstić information content (AvgIpc) is 2.55. The molecule has 0 amide bonds. The SMILES string of the molecule is CCCCCCCC1COC(C2CCC(C(=O)O)CC2)OC1. The highest BCUT2D eigenvalue weighted by Crippen LogP contribution is 2.34. The largest absolute Gasteiger partial charge is 0.481 e. The summed E-state index contributed by atoms with van der Waals surface area (Å²) in [5, 5.41) is 9.04. The molecule has 0 unspecified atom stereocenters. The Bertz CT molecular complexity index is 315. The minimum absolute atomic E-state index is 0.0916. The molecule has 0 spiro atoms. The van der Waals surface area contributed by atoms with Crippen LogP contribution in [0.4, 0.5) is 0 Å². The standard InChI is InChI=1S/C18H32O4/c1-2-3-4-5-6-7-14-12-21-18(22-13-14)16-10-8-15(9-11-16)17(19)20/h14-16,18H,2-13H2,1H3,(H,19,20). The summed E-state index contributed by atoms with van der Waals surface area (Å²) in [4.78, 5) is 11.0. The number of carboxylic acid groups (broad SMARTS) is 1. The molecule has 2 fully saturated rings. The van der Waals surface area contributed by atoms with E-state index in [0.29, 0.717) is 11.8 Å². The van der Waals surface area contributed by atoms with E-state index in [0.717, 1.165) is 38.9 Å². The summed E-state index contributed by atoms with van der Waals surface area (Å²) in [7, 11) is 0. The fraction of sp³-hybridized carbons (Fsp3) is 0.944. The summed E-state index contributed by atoms with van der Waals surface area (Å²) in [6.07, 6.45) is 11.1. The van der Waals surface area contributed by atoms with Gasteiger partial charge in [0.25, 0.3) is 0 Å². The highest BCUT2D eigenvalue weighted by atomic mass is 16.7. The van der Waals surface area contributed by atoms with Crippen molar-refractivity contribution in [1.29, 1.82) is 0 Å². The van der Waals surface area contributed by atoms with Crippen molar-refractivity contribution in [2.24, 2.45) is 17.8 Å². The zero-order valence-corrected chi connectivity index (χ0v) is 14.0. The second-order valence-electron chi connectivity index (χ2n) is 7.05. The molecule has 4 nitrogen and oxygen atoms in total. The number of ether oxygens (including phenoxy) is 2. The highest BCUT2D eigenvalue weighted by molar-refractivity contribution is 5.69. The summed E-state index contributed by atoms with van der Waals surface area (Å²) >= 11 is 0. The van der Waals surface area contributed by atoms with E-state index < -0.39 is 5.97 Å². The molecule has 2 rings (SSSR count). The van der Waals surface area contributed by atoms with Crippen molar-refractivity contribution in [3.05, 3.63) is 0 Å². The lowest BCUT2D eigenvalue weighted by atomic mass is 9.81. The molecule has 1 aliphatic heterocycles. The molecule has 0 bridgehead atoms. The lowest BCUT2D eigenvalue weighted by Gasteiger charge is -2.37. The molecular formula is C18H32O4. The number of carbonyl (C=O) groups is 1. The van der Waals surface area contributed by atoms with Gasteiger partial charge in [-0.3, -0.25) is 4.79 Å². The van der Waals surface area contributed by atoms with Gasteiger partial charge in [-0.05, 0) is 32.1 Å². The third-order valence-corrected chi connectivity index (χ3v) is 5.21. The highest BCUT2D eigenvalue weighted by Gasteiger charge is 2.34. The van der Waals surface area contributed by atoms with Crippen molar-refractivity contribution in [1.82, 2.24) is 0 Å². The molecule has 4 heteroatoms. The molecule has 1 saturated carbocycles. The quantitative estimate of drug-likeness (QED) is 0.682. The predicted molar refractivity (Wildman–Crippen MR) is 85.6 cm³/mol. The zero-order valence-electron chi connectivity index (χ0n) is 14.0. The van der Waals surface area contributed by atoms with Crippen LogP contribution < -0.4 is 0 Å². The van der Waals surface area contributed by atoms with Crippen molar-refractivity contribution in [2.45, 2.75) is 77.4 Å². The number of aliphatic carboxylic acids is 1. The van der Waals surface area contributed by atoms with Crippen molar-refractivity contribution in [3.8, 4) is 0 Å². The van der Waals surface area contributed by atoms with Crippen LogP contribution >= 0.6 is 0 Å². The first-order chi connectivity index (χ1) is 10.7. The lowest BCUT2D eigenvalue weighted by molar-refractivity contribution is -0.230. The number of carboxylic acids is 1. The van der Waals surface area contributed by atoms with Crippen LogP contribution in [-0.4, -0.2) is 30.6 Å². The van der Waals surface area contributed by atoms with E-state index in [1.165, 1.54) is 38.5 Å². The summed E-state index contributed by atoms with van der Waals surface area (Å²) in [6, 6.07) is 0. The maximum atomic E-state index is 11.0. The first kappa shape index (κ1) is 17.7. The van der Waals surface area contributed by atoms with Crippen LogP contribution in [0, 0.1) is 17.8 Å². The summed E-state index contributed by atoms with van der Waals surface area (Å²) in [5.41, 5.74) is 0. The minimum Gasteiger partial charge on any atom is -0.481 e. The van der Waals surface area contributed by atoms with Gasteiger partial charge in [0, 0.05) is 11.8 Å². The average molecular weight is 312 g/mol. The van der Waals surface area contributed by atoms with Gasteiger partial charge in [0.05, 0.1) is 19.1 Å². The topological polar surface area (TPSA) is 55.8 Å². The number of hydrogen-bond donors (Lipinski definition) is 1. The number of hydrogen-bond acceptors (Lipinski definition) is 3. The summed E-state index contributed by atoms with van der Waals surface area (Å²) in [6.45, 7) is 3.88. The van der Waals surface area contributed by atoms with Crippen LogP contribution in [0.15, 0.2) is 0 Å². The van der Waals surface area contributed by atoms with Gasteiger partial charge < -0.3 is 14.6 Å². The van der Waals surface area contributed by atoms with Gasteiger partial charge in [0.15, 0.2) is 6.29 Å². The molecule has 0 atom stereocenters. The minimum atomic E-state index is -0.646. The Morgan fingerprint density at radius 1 is 1.00 bits per heavy atom. The molecular weight excluding hydrogens is 280 g/mol. The second-order valence-corrected chi connectivity index (χ2v) is 7.05. The Morgan fingerprint density at radius 2 is 1.64 bits per heavy atom. The van der Waals surface area contributed by atoms with Crippen LogP contribution in [0.3, 0.4) is 0 Å². The van der Waals surface area contributed by atoms with E-state index in [1.807, 2.05) is 0 Å². The van der Waals surface area contributed by atoms with Gasteiger partial charge in [-0.15, -0.1) is 0 Å². The van der Waals surface area contributed by atoms with E-state index in [2.05, 4.69) is 6.92 Å². The number of unbranched alkanes of at least 4 members (excludes halogenated alkanes) is 4. The Kier molecular flexibility index (Phi) is 7.67. The van der Waals surface area contributed by atoms with Crippen LogP contribution in [0.1, 0.15) is 71.1 Å². The van der Waals surface area contributed by atoms with Crippen molar-refractivity contribution in [3.63, 3.8) is 0 Å². The molecule has 1 N–H and O–H groups in total. The molecule has 0 aromatic heterocycles. The van der Waals surface area contributed by atoms with Crippen LogP contribution in [0.5, 0.6) is 0 Å². The Labute approximate surface area is 134 Å². The molecule has 128 valence electrons. The van der Waals surface area contributed by atoms with E-state index in [4.69, 9.17) is 14.6 Å². The van der Waals surface area contributed by atoms with Crippen LogP contribution in [-0.2, 0) is 14.3 Å². The van der Waals surface area contributed by atoms with Crippen molar-refractivity contribution < 1.29 is 19.4 Å². The van der Waals surface area contributed by atoms with Gasteiger partial charge in [-0.25, -0.2) is 0 Å². The summed E-state index contributed by atoms with van der Waals surface area (Å²) in [5.74, 6) is 0.136. The molecule has 1 saturated heterocycles. The molecule has 22 heavy (non-hydrogen) atoms. The van der Waals surface area contributed by atoms with Gasteiger partial charge >= 0.3 is 5.97 Å². The Balaban J connectivity index is 1.58. The monoisotopic (exact) mass is 312 g/mol. The van der Waals surface area contributed by atoms with E-state index in [9.17, 15) is 4.79 Å². The van der Waals surface area contributed by atoms with Gasteiger partial charge in [0.2, 0.25) is 0 Å². The maximum Gasteiger partial charge on any atom is 0.306 e. The fourth-order valence-corrected chi connectivity index (χ4v) is 3.67. The van der Waals surface area contributed by atoms with E-state index in [-0.39, 0.29) is 12.2 Å². The van der Waals surface area contributed by atoms with Gasteiger partial charge in [-0.2, -0.15) is 0 Å². The van der Waals surface area contributed by atoms with Crippen LogP contribution in [0.2, 0.25) is 0 Å². The Morgan fingerprint density at radius 3 is 2.23 bits per heavy atom. The third kappa shape index (κ3) is 5.54. The van der Waals surface area contributed by atoms with Crippen molar-refractivity contribution >= 4 is 5.97 Å². The first-order valence-corrected chi connectivity index (χ1v) is 9.16.